The number of hydrogen-bond donors (Lipinski definition) is 1. The van der Waals surface area contributed by atoms with E-state index in [-0.39, 0.29) is 11.7 Å². The van der Waals surface area contributed by atoms with Crippen LogP contribution in [0.2, 0.25) is 0 Å². The number of amides is 1. The molecule has 128 valence electrons. The van der Waals surface area contributed by atoms with E-state index in [2.05, 4.69) is 5.32 Å². The van der Waals surface area contributed by atoms with Gasteiger partial charge in [0.2, 0.25) is 0 Å². The van der Waals surface area contributed by atoms with E-state index in [0.29, 0.717) is 28.8 Å². The van der Waals surface area contributed by atoms with Gasteiger partial charge in [0.1, 0.15) is 0 Å². The van der Waals surface area contributed by atoms with Gasteiger partial charge in [-0.1, -0.05) is 48.5 Å². The van der Waals surface area contributed by atoms with Crippen LogP contribution in [0.1, 0.15) is 45.5 Å². The van der Waals surface area contributed by atoms with Crippen LogP contribution in [0.5, 0.6) is 0 Å². The summed E-state index contributed by atoms with van der Waals surface area (Å²) >= 11 is 0. The van der Waals surface area contributed by atoms with E-state index in [1.807, 2.05) is 35.2 Å². The minimum absolute atomic E-state index is 0.0331. The number of carbonyl (C=O) groups is 2. The highest BCUT2D eigenvalue weighted by Crippen LogP contribution is 2.23. The van der Waals surface area contributed by atoms with Gasteiger partial charge < -0.3 is 10.2 Å². The van der Waals surface area contributed by atoms with Gasteiger partial charge >= 0.3 is 0 Å². The Morgan fingerprint density at radius 1 is 0.840 bits per heavy atom. The van der Waals surface area contributed by atoms with Crippen LogP contribution in [0, 0.1) is 0 Å². The number of likely N-dealkylation sites (tertiary alicyclic amines) is 1. The number of benzene rings is 2. The van der Waals surface area contributed by atoms with E-state index in [1.165, 1.54) is 6.42 Å². The average molecular weight is 334 g/mol. The molecule has 4 nitrogen and oxygen atoms in total. The van der Waals surface area contributed by atoms with Gasteiger partial charge in [0, 0.05) is 36.3 Å². The third kappa shape index (κ3) is 3.22. The zero-order valence-corrected chi connectivity index (χ0v) is 14.2. The average Bonchev–Trinajstić information content (AvgIpc) is 3.00. The van der Waals surface area contributed by atoms with Crippen LogP contribution >= 0.6 is 0 Å². The molecule has 2 fully saturated rings. The van der Waals surface area contributed by atoms with E-state index in [9.17, 15) is 9.59 Å². The zero-order valence-electron chi connectivity index (χ0n) is 14.2. The standard InChI is InChI=1S/C21H22N2O2/c24-20(15-6-2-1-3-7-15)18-8-4-5-9-19(18)21(25)23-13-12-16-10-11-17(14-23)22-16/h1-9,16-17,22H,10-14H2. The Morgan fingerprint density at radius 2 is 1.52 bits per heavy atom. The number of rotatable bonds is 3. The van der Waals surface area contributed by atoms with Gasteiger partial charge in [-0.2, -0.15) is 0 Å². The fourth-order valence-electron chi connectivity index (χ4n) is 3.91. The molecule has 2 aromatic carbocycles. The van der Waals surface area contributed by atoms with Crippen LogP contribution in [0.4, 0.5) is 0 Å². The predicted molar refractivity (Wildman–Crippen MR) is 96.8 cm³/mol. The smallest absolute Gasteiger partial charge is 0.254 e. The van der Waals surface area contributed by atoms with Crippen molar-refractivity contribution in [2.45, 2.75) is 31.3 Å². The molecular formula is C21H22N2O2. The van der Waals surface area contributed by atoms with Gasteiger partial charge in [-0.25, -0.2) is 0 Å². The molecule has 1 amide bonds. The van der Waals surface area contributed by atoms with Crippen molar-refractivity contribution in [3.8, 4) is 0 Å². The minimum Gasteiger partial charge on any atom is -0.337 e. The molecule has 1 N–H and O–H groups in total. The molecule has 2 aliphatic heterocycles. The number of fused-ring (bicyclic) bond motifs is 2. The molecule has 25 heavy (non-hydrogen) atoms. The number of hydrogen-bond acceptors (Lipinski definition) is 3. The van der Waals surface area contributed by atoms with Crippen molar-refractivity contribution in [2.75, 3.05) is 13.1 Å². The molecule has 2 heterocycles. The largest absolute Gasteiger partial charge is 0.337 e. The van der Waals surface area contributed by atoms with Crippen molar-refractivity contribution >= 4 is 11.7 Å². The summed E-state index contributed by atoms with van der Waals surface area (Å²) in [6, 6.07) is 17.2. The van der Waals surface area contributed by atoms with Gasteiger partial charge in [-0.15, -0.1) is 0 Å². The summed E-state index contributed by atoms with van der Waals surface area (Å²) in [5.41, 5.74) is 1.61. The fraction of sp³-hybridized carbons (Fsp3) is 0.333. The van der Waals surface area contributed by atoms with Crippen molar-refractivity contribution in [3.63, 3.8) is 0 Å². The molecule has 0 aliphatic carbocycles. The Kier molecular flexibility index (Phi) is 4.36. The van der Waals surface area contributed by atoms with Crippen LogP contribution in [0.15, 0.2) is 54.6 Å². The number of nitrogens with zero attached hydrogens (tertiary/aromatic N) is 1. The number of ketones is 1. The Labute approximate surface area is 147 Å². The number of carbonyl (C=O) groups excluding carboxylic acids is 2. The topological polar surface area (TPSA) is 49.4 Å². The molecule has 0 aromatic heterocycles. The molecule has 0 radical (unpaired) electrons. The van der Waals surface area contributed by atoms with Crippen molar-refractivity contribution in [3.05, 3.63) is 71.3 Å². The Hall–Kier alpha value is -2.46. The highest BCUT2D eigenvalue weighted by atomic mass is 16.2. The lowest BCUT2D eigenvalue weighted by atomic mass is 9.97. The SMILES string of the molecule is O=C(c1ccccc1)c1ccccc1C(=O)N1CCC2CCC(C1)N2. The summed E-state index contributed by atoms with van der Waals surface area (Å²) in [5, 5.41) is 3.59. The second-order valence-corrected chi connectivity index (χ2v) is 6.92. The first-order valence-electron chi connectivity index (χ1n) is 8.96. The van der Waals surface area contributed by atoms with Gasteiger partial charge in [-0.05, 0) is 25.3 Å². The lowest BCUT2D eigenvalue weighted by molar-refractivity contribution is 0.0744. The summed E-state index contributed by atoms with van der Waals surface area (Å²) in [6.07, 6.45) is 3.31. The van der Waals surface area contributed by atoms with Gasteiger partial charge in [0.15, 0.2) is 5.78 Å². The minimum atomic E-state index is -0.0981. The van der Waals surface area contributed by atoms with Crippen molar-refractivity contribution in [2.24, 2.45) is 0 Å². The van der Waals surface area contributed by atoms with E-state index >= 15 is 0 Å². The van der Waals surface area contributed by atoms with Crippen LogP contribution < -0.4 is 5.32 Å². The second kappa shape index (κ2) is 6.81. The van der Waals surface area contributed by atoms with Crippen molar-refractivity contribution < 1.29 is 9.59 Å². The molecule has 2 aromatic rings. The molecule has 0 spiro atoms. The Morgan fingerprint density at radius 3 is 2.32 bits per heavy atom. The molecule has 2 bridgehead atoms. The molecule has 2 aliphatic rings. The monoisotopic (exact) mass is 334 g/mol. The van der Waals surface area contributed by atoms with Gasteiger partial charge in [-0.3, -0.25) is 9.59 Å². The molecule has 4 rings (SSSR count). The summed E-state index contributed by atoms with van der Waals surface area (Å²) in [4.78, 5) is 27.9. The van der Waals surface area contributed by atoms with E-state index in [0.717, 1.165) is 25.9 Å². The predicted octanol–water partition coefficient (Wildman–Crippen LogP) is 2.88. The van der Waals surface area contributed by atoms with Crippen LogP contribution in [-0.4, -0.2) is 41.8 Å². The lowest BCUT2D eigenvalue weighted by Gasteiger charge is -2.25. The van der Waals surface area contributed by atoms with E-state index in [4.69, 9.17) is 0 Å². The van der Waals surface area contributed by atoms with Crippen LogP contribution in [0.25, 0.3) is 0 Å². The second-order valence-electron chi connectivity index (χ2n) is 6.92. The third-order valence-corrected chi connectivity index (χ3v) is 5.25. The summed E-state index contributed by atoms with van der Waals surface area (Å²) < 4.78 is 0. The highest BCUT2D eigenvalue weighted by Gasteiger charge is 2.32. The van der Waals surface area contributed by atoms with Crippen LogP contribution in [0.3, 0.4) is 0 Å². The Balaban J connectivity index is 1.62. The maximum atomic E-state index is 13.1. The normalized spacial score (nSPS) is 22.5. The Bertz CT molecular complexity index is 787. The molecule has 2 atom stereocenters. The third-order valence-electron chi connectivity index (χ3n) is 5.25. The van der Waals surface area contributed by atoms with E-state index in [1.54, 1.807) is 24.3 Å². The molecule has 2 saturated heterocycles. The summed E-state index contributed by atoms with van der Waals surface area (Å²) in [5.74, 6) is -0.131. The highest BCUT2D eigenvalue weighted by molar-refractivity contribution is 6.15. The van der Waals surface area contributed by atoms with Gasteiger partial charge in [0.25, 0.3) is 5.91 Å². The molecule has 0 saturated carbocycles. The quantitative estimate of drug-likeness (QED) is 0.878. The number of nitrogens with one attached hydrogen (secondary N) is 1. The molecular weight excluding hydrogens is 312 g/mol. The molecule has 2 unspecified atom stereocenters. The maximum absolute atomic E-state index is 13.1. The van der Waals surface area contributed by atoms with Crippen LogP contribution in [-0.2, 0) is 0 Å². The summed E-state index contributed by atoms with van der Waals surface area (Å²) in [7, 11) is 0. The van der Waals surface area contributed by atoms with Crippen molar-refractivity contribution in [1.82, 2.24) is 10.2 Å². The zero-order chi connectivity index (χ0) is 17.2. The maximum Gasteiger partial charge on any atom is 0.254 e. The first kappa shape index (κ1) is 16.0. The fourth-order valence-corrected chi connectivity index (χ4v) is 3.91. The lowest BCUT2D eigenvalue weighted by Crippen LogP contribution is -2.39. The van der Waals surface area contributed by atoms with Crippen molar-refractivity contribution in [1.29, 1.82) is 0 Å². The molecule has 4 heteroatoms. The first-order chi connectivity index (χ1) is 12.2. The van der Waals surface area contributed by atoms with E-state index < -0.39 is 0 Å². The summed E-state index contributed by atoms with van der Waals surface area (Å²) in [6.45, 7) is 1.48. The van der Waals surface area contributed by atoms with Gasteiger partial charge in [0.05, 0.1) is 5.56 Å². The first-order valence-corrected chi connectivity index (χ1v) is 8.96.